The van der Waals surface area contributed by atoms with Gasteiger partial charge in [-0.3, -0.25) is 9.59 Å². The number of thiophene rings is 1. The van der Waals surface area contributed by atoms with Crippen molar-refractivity contribution in [3.05, 3.63) is 16.3 Å². The van der Waals surface area contributed by atoms with Gasteiger partial charge < -0.3 is 10.4 Å². The maximum Gasteiger partial charge on any atom is 0.305 e. The number of sulfonamides is 1. The van der Waals surface area contributed by atoms with Crippen LogP contribution < -0.4 is 10.0 Å². The van der Waals surface area contributed by atoms with Crippen molar-refractivity contribution in [2.24, 2.45) is 5.92 Å². The molecule has 0 aliphatic heterocycles. The summed E-state index contributed by atoms with van der Waals surface area (Å²) in [5.41, 5.74) is -0.922. The molecule has 1 unspecified atom stereocenters. The maximum absolute atomic E-state index is 12.3. The molecule has 0 aromatic carbocycles. The molecule has 7 nitrogen and oxygen atoms in total. The zero-order valence-electron chi connectivity index (χ0n) is 12.8. The van der Waals surface area contributed by atoms with E-state index in [1.165, 1.54) is 18.5 Å². The highest BCUT2D eigenvalue weighted by Crippen LogP contribution is 2.24. The van der Waals surface area contributed by atoms with Gasteiger partial charge in [-0.15, -0.1) is 11.3 Å². The number of carboxylic acids is 1. The number of amides is 1. The topological polar surface area (TPSA) is 113 Å². The van der Waals surface area contributed by atoms with Crippen LogP contribution in [0.3, 0.4) is 0 Å². The standard InChI is InChI=1S/C13H20N2O5S2/c1-8(2)13(3,6-11(16)17)15-12(18)10-5-9(7-21-10)22(19,20)14-4/h5,7-8,14H,6H2,1-4H3,(H,15,18)(H,16,17). The Morgan fingerprint density at radius 2 is 2.00 bits per heavy atom. The number of rotatable bonds is 7. The first kappa shape index (κ1) is 18.6. The van der Waals surface area contributed by atoms with E-state index in [4.69, 9.17) is 5.11 Å². The van der Waals surface area contributed by atoms with E-state index < -0.39 is 27.4 Å². The molecule has 0 aliphatic carbocycles. The molecule has 0 radical (unpaired) electrons. The van der Waals surface area contributed by atoms with E-state index in [9.17, 15) is 18.0 Å². The molecule has 3 N–H and O–H groups in total. The summed E-state index contributed by atoms with van der Waals surface area (Å²) in [5, 5.41) is 13.1. The molecule has 0 saturated carbocycles. The lowest BCUT2D eigenvalue weighted by atomic mass is 9.85. The third-order valence-electron chi connectivity index (χ3n) is 3.57. The number of nitrogens with one attached hydrogen (secondary N) is 2. The molecule has 1 aromatic heterocycles. The Morgan fingerprint density at radius 3 is 2.45 bits per heavy atom. The van der Waals surface area contributed by atoms with Gasteiger partial charge in [0, 0.05) is 5.38 Å². The van der Waals surface area contributed by atoms with E-state index in [1.54, 1.807) is 6.92 Å². The smallest absolute Gasteiger partial charge is 0.305 e. The predicted molar refractivity (Wildman–Crippen MR) is 83.5 cm³/mol. The first-order chi connectivity index (χ1) is 10.0. The molecule has 0 fully saturated rings. The summed E-state index contributed by atoms with van der Waals surface area (Å²) in [5.74, 6) is -1.60. The molecule has 1 aromatic rings. The minimum Gasteiger partial charge on any atom is -0.481 e. The Kier molecular flexibility index (Phi) is 5.71. The number of hydrogen-bond acceptors (Lipinski definition) is 5. The fourth-order valence-corrected chi connectivity index (χ4v) is 3.62. The lowest BCUT2D eigenvalue weighted by molar-refractivity contribution is -0.138. The van der Waals surface area contributed by atoms with Crippen molar-refractivity contribution < 1.29 is 23.1 Å². The van der Waals surface area contributed by atoms with E-state index in [1.807, 2.05) is 13.8 Å². The second-order valence-electron chi connectivity index (χ2n) is 5.45. The average molecular weight is 348 g/mol. The van der Waals surface area contributed by atoms with Gasteiger partial charge in [0.1, 0.15) is 0 Å². The van der Waals surface area contributed by atoms with Crippen LogP contribution in [-0.4, -0.2) is 38.0 Å². The van der Waals surface area contributed by atoms with Crippen molar-refractivity contribution in [2.75, 3.05) is 7.05 Å². The normalized spacial score (nSPS) is 14.6. The molecule has 0 spiro atoms. The molecular formula is C13H20N2O5S2. The Labute approximate surface area is 133 Å². The van der Waals surface area contributed by atoms with Gasteiger partial charge in [0.15, 0.2) is 0 Å². The first-order valence-corrected chi connectivity index (χ1v) is 8.94. The number of carbonyl (C=O) groups excluding carboxylic acids is 1. The van der Waals surface area contributed by atoms with Gasteiger partial charge in [-0.2, -0.15) is 0 Å². The summed E-state index contributed by atoms with van der Waals surface area (Å²) in [4.78, 5) is 23.5. The highest BCUT2D eigenvalue weighted by atomic mass is 32.2. The number of hydrogen-bond donors (Lipinski definition) is 3. The van der Waals surface area contributed by atoms with Crippen molar-refractivity contribution in [3.8, 4) is 0 Å². The van der Waals surface area contributed by atoms with Crippen LogP contribution >= 0.6 is 11.3 Å². The van der Waals surface area contributed by atoms with Crippen LogP contribution in [0.15, 0.2) is 16.3 Å². The van der Waals surface area contributed by atoms with Crippen LogP contribution in [0.1, 0.15) is 36.9 Å². The second-order valence-corrected chi connectivity index (χ2v) is 8.25. The fraction of sp³-hybridized carbons (Fsp3) is 0.538. The number of aliphatic carboxylic acids is 1. The minimum absolute atomic E-state index is 0.00892. The van der Waals surface area contributed by atoms with Crippen LogP contribution in [-0.2, 0) is 14.8 Å². The predicted octanol–water partition coefficient (Wildman–Crippen LogP) is 1.28. The third kappa shape index (κ3) is 4.28. The molecule has 9 heteroatoms. The summed E-state index contributed by atoms with van der Waals surface area (Å²) >= 11 is 0.993. The molecule has 124 valence electrons. The van der Waals surface area contributed by atoms with Gasteiger partial charge >= 0.3 is 5.97 Å². The van der Waals surface area contributed by atoms with Crippen LogP contribution in [0, 0.1) is 5.92 Å². The summed E-state index contributed by atoms with van der Waals surface area (Å²) in [6.07, 6.45) is -0.219. The van der Waals surface area contributed by atoms with Gasteiger partial charge in [0.25, 0.3) is 5.91 Å². The zero-order valence-corrected chi connectivity index (χ0v) is 14.5. The molecule has 1 heterocycles. The molecule has 22 heavy (non-hydrogen) atoms. The number of carbonyl (C=O) groups is 2. The first-order valence-electron chi connectivity index (χ1n) is 6.58. The average Bonchev–Trinajstić information content (AvgIpc) is 2.87. The maximum atomic E-state index is 12.3. The summed E-state index contributed by atoms with van der Waals surface area (Å²) in [6.45, 7) is 5.28. The fourth-order valence-electron chi connectivity index (χ4n) is 1.72. The lowest BCUT2D eigenvalue weighted by Gasteiger charge is -2.33. The van der Waals surface area contributed by atoms with Crippen LogP contribution in [0.4, 0.5) is 0 Å². The van der Waals surface area contributed by atoms with E-state index in [2.05, 4.69) is 10.0 Å². The quantitative estimate of drug-likeness (QED) is 0.687. The van der Waals surface area contributed by atoms with E-state index >= 15 is 0 Å². The van der Waals surface area contributed by atoms with Gasteiger partial charge in [0.05, 0.1) is 21.7 Å². The minimum atomic E-state index is -3.60. The Hall–Kier alpha value is -1.45. The largest absolute Gasteiger partial charge is 0.481 e. The van der Waals surface area contributed by atoms with Gasteiger partial charge in [-0.25, -0.2) is 13.1 Å². The zero-order chi connectivity index (χ0) is 17.1. The van der Waals surface area contributed by atoms with Crippen molar-refractivity contribution in [2.45, 2.75) is 37.6 Å². The third-order valence-corrected chi connectivity index (χ3v) is 6.04. The monoisotopic (exact) mass is 348 g/mol. The number of carboxylic acid groups (broad SMARTS) is 1. The highest BCUT2D eigenvalue weighted by molar-refractivity contribution is 7.89. The van der Waals surface area contributed by atoms with E-state index in [0.29, 0.717) is 0 Å². The summed E-state index contributed by atoms with van der Waals surface area (Å²) in [6, 6.07) is 1.27. The van der Waals surface area contributed by atoms with Crippen molar-refractivity contribution in [1.82, 2.24) is 10.0 Å². The molecule has 0 saturated heterocycles. The van der Waals surface area contributed by atoms with E-state index in [-0.39, 0.29) is 22.1 Å². The lowest BCUT2D eigenvalue weighted by Crippen LogP contribution is -2.51. The van der Waals surface area contributed by atoms with Crippen molar-refractivity contribution in [3.63, 3.8) is 0 Å². The van der Waals surface area contributed by atoms with Crippen LogP contribution in [0.25, 0.3) is 0 Å². The molecule has 1 rings (SSSR count). The molecule has 0 bridgehead atoms. The molecule has 0 aliphatic rings. The molecule has 1 amide bonds. The summed E-state index contributed by atoms with van der Waals surface area (Å²) in [7, 11) is -2.32. The van der Waals surface area contributed by atoms with Gasteiger partial charge in [-0.1, -0.05) is 13.8 Å². The van der Waals surface area contributed by atoms with Crippen molar-refractivity contribution in [1.29, 1.82) is 0 Å². The Morgan fingerprint density at radius 1 is 1.41 bits per heavy atom. The van der Waals surface area contributed by atoms with E-state index in [0.717, 1.165) is 11.3 Å². The Bertz CT molecular complexity index is 666. The van der Waals surface area contributed by atoms with Gasteiger partial charge in [0.2, 0.25) is 10.0 Å². The van der Waals surface area contributed by atoms with Crippen molar-refractivity contribution >= 4 is 33.2 Å². The van der Waals surface area contributed by atoms with Gasteiger partial charge in [-0.05, 0) is 26.0 Å². The van der Waals surface area contributed by atoms with Crippen LogP contribution in [0.2, 0.25) is 0 Å². The van der Waals surface area contributed by atoms with Crippen LogP contribution in [0.5, 0.6) is 0 Å². The SMILES string of the molecule is CNS(=O)(=O)c1csc(C(=O)NC(C)(CC(=O)O)C(C)C)c1. The Balaban J connectivity index is 2.99. The highest BCUT2D eigenvalue weighted by Gasteiger charge is 2.33. The second kappa shape index (κ2) is 6.76. The molecular weight excluding hydrogens is 328 g/mol. The summed E-state index contributed by atoms with van der Waals surface area (Å²) < 4.78 is 25.5. The molecule has 1 atom stereocenters.